The summed E-state index contributed by atoms with van der Waals surface area (Å²) in [6.07, 6.45) is 2.60. The largest absolute Gasteiger partial charge is 0.377 e. The summed E-state index contributed by atoms with van der Waals surface area (Å²) in [7, 11) is 0. The standard InChI is InChI=1S/C16H15ClIN/c17-14-10-13(18)8-9-15(14)19-16(12-6-7-12)11-4-2-1-3-5-11/h1-5,8-10,12,16,19H,6-7H2. The Morgan fingerprint density at radius 3 is 2.47 bits per heavy atom. The smallest absolute Gasteiger partial charge is 0.0648 e. The van der Waals surface area contributed by atoms with E-state index in [1.165, 1.54) is 18.4 Å². The Kier molecular flexibility index (Phi) is 3.99. The van der Waals surface area contributed by atoms with Crippen LogP contribution in [0.25, 0.3) is 0 Å². The second kappa shape index (κ2) is 5.71. The average Bonchev–Trinajstić information content (AvgIpc) is 3.23. The van der Waals surface area contributed by atoms with Crippen molar-refractivity contribution in [1.29, 1.82) is 0 Å². The van der Waals surface area contributed by atoms with Crippen LogP contribution in [0.5, 0.6) is 0 Å². The first kappa shape index (κ1) is 13.3. The van der Waals surface area contributed by atoms with Gasteiger partial charge in [-0.25, -0.2) is 0 Å². The van der Waals surface area contributed by atoms with Crippen LogP contribution in [0, 0.1) is 9.49 Å². The maximum Gasteiger partial charge on any atom is 0.0648 e. The third kappa shape index (κ3) is 3.23. The highest BCUT2D eigenvalue weighted by Crippen LogP contribution is 2.43. The first-order valence-corrected chi connectivity index (χ1v) is 7.96. The van der Waals surface area contributed by atoms with E-state index in [-0.39, 0.29) is 0 Å². The van der Waals surface area contributed by atoms with Gasteiger partial charge in [0.1, 0.15) is 0 Å². The van der Waals surface area contributed by atoms with Gasteiger partial charge in [0, 0.05) is 3.57 Å². The molecule has 1 atom stereocenters. The van der Waals surface area contributed by atoms with Gasteiger partial charge in [-0.3, -0.25) is 0 Å². The zero-order chi connectivity index (χ0) is 13.2. The van der Waals surface area contributed by atoms with Crippen LogP contribution in [-0.2, 0) is 0 Å². The van der Waals surface area contributed by atoms with Crippen LogP contribution in [0.2, 0.25) is 5.02 Å². The third-order valence-electron chi connectivity index (χ3n) is 3.49. The highest BCUT2D eigenvalue weighted by Gasteiger charge is 2.32. The summed E-state index contributed by atoms with van der Waals surface area (Å²) in [5, 5.41) is 4.42. The molecule has 0 heterocycles. The number of halogens is 2. The van der Waals surface area contributed by atoms with Crippen LogP contribution < -0.4 is 5.32 Å². The second-order valence-electron chi connectivity index (χ2n) is 4.99. The molecular formula is C16H15ClIN. The number of nitrogens with one attached hydrogen (secondary N) is 1. The molecule has 19 heavy (non-hydrogen) atoms. The highest BCUT2D eigenvalue weighted by atomic mass is 127. The van der Waals surface area contributed by atoms with Crippen LogP contribution >= 0.6 is 34.2 Å². The summed E-state index contributed by atoms with van der Waals surface area (Å²) in [6, 6.07) is 17.2. The molecule has 3 rings (SSSR count). The van der Waals surface area contributed by atoms with Crippen molar-refractivity contribution in [3.63, 3.8) is 0 Å². The van der Waals surface area contributed by atoms with E-state index in [0.29, 0.717) is 6.04 Å². The fourth-order valence-corrected chi connectivity index (χ4v) is 3.25. The summed E-state index contributed by atoms with van der Waals surface area (Å²) < 4.78 is 1.16. The van der Waals surface area contributed by atoms with Crippen molar-refractivity contribution in [1.82, 2.24) is 0 Å². The topological polar surface area (TPSA) is 12.0 Å². The quantitative estimate of drug-likeness (QED) is 0.687. The Morgan fingerprint density at radius 1 is 1.11 bits per heavy atom. The molecule has 1 saturated carbocycles. The minimum Gasteiger partial charge on any atom is -0.377 e. The predicted octanol–water partition coefficient (Wildman–Crippen LogP) is 5.51. The Hall–Kier alpha value is -0.740. The molecule has 1 N–H and O–H groups in total. The lowest BCUT2D eigenvalue weighted by Gasteiger charge is -2.21. The van der Waals surface area contributed by atoms with Crippen LogP contribution in [-0.4, -0.2) is 0 Å². The first-order valence-electron chi connectivity index (χ1n) is 6.50. The molecule has 0 radical (unpaired) electrons. The van der Waals surface area contributed by atoms with E-state index in [2.05, 4.69) is 70.4 Å². The van der Waals surface area contributed by atoms with Crippen molar-refractivity contribution in [2.45, 2.75) is 18.9 Å². The van der Waals surface area contributed by atoms with Crippen LogP contribution in [0.15, 0.2) is 48.5 Å². The van der Waals surface area contributed by atoms with Gasteiger partial charge in [0.05, 0.1) is 16.8 Å². The Bertz CT molecular complexity index is 566. The lowest BCUT2D eigenvalue weighted by Crippen LogP contribution is -2.13. The predicted molar refractivity (Wildman–Crippen MR) is 89.7 cm³/mol. The van der Waals surface area contributed by atoms with Crippen LogP contribution in [0.3, 0.4) is 0 Å². The van der Waals surface area contributed by atoms with E-state index in [9.17, 15) is 0 Å². The maximum atomic E-state index is 6.32. The fourth-order valence-electron chi connectivity index (χ4n) is 2.34. The van der Waals surface area contributed by atoms with Crippen molar-refractivity contribution in [2.75, 3.05) is 5.32 Å². The summed E-state index contributed by atoms with van der Waals surface area (Å²) in [6.45, 7) is 0. The SMILES string of the molecule is Clc1cc(I)ccc1NC(c1ccccc1)C1CC1. The average molecular weight is 384 g/mol. The van der Waals surface area contributed by atoms with Gasteiger partial charge in [-0.15, -0.1) is 0 Å². The van der Waals surface area contributed by atoms with Gasteiger partial charge in [0.15, 0.2) is 0 Å². The van der Waals surface area contributed by atoms with E-state index >= 15 is 0 Å². The molecule has 1 aliphatic rings. The fraction of sp³-hybridized carbons (Fsp3) is 0.250. The summed E-state index contributed by atoms with van der Waals surface area (Å²) in [5.74, 6) is 0.734. The van der Waals surface area contributed by atoms with E-state index in [4.69, 9.17) is 11.6 Å². The molecule has 2 aromatic carbocycles. The molecule has 2 aromatic rings. The Balaban J connectivity index is 1.86. The molecule has 3 heteroatoms. The van der Waals surface area contributed by atoms with Crippen molar-refractivity contribution in [3.8, 4) is 0 Å². The summed E-state index contributed by atoms with van der Waals surface area (Å²) in [4.78, 5) is 0. The number of rotatable bonds is 4. The number of benzene rings is 2. The van der Waals surface area contributed by atoms with Gasteiger partial charge in [-0.05, 0) is 65.1 Å². The molecule has 0 aromatic heterocycles. The number of hydrogen-bond donors (Lipinski definition) is 1. The number of hydrogen-bond acceptors (Lipinski definition) is 1. The van der Waals surface area contributed by atoms with Gasteiger partial charge in [0.25, 0.3) is 0 Å². The normalized spacial score (nSPS) is 16.1. The lowest BCUT2D eigenvalue weighted by molar-refractivity contribution is 0.679. The molecule has 1 unspecified atom stereocenters. The summed E-state index contributed by atoms with van der Waals surface area (Å²) >= 11 is 8.60. The van der Waals surface area contributed by atoms with Crippen LogP contribution in [0.4, 0.5) is 5.69 Å². The van der Waals surface area contributed by atoms with Gasteiger partial charge in [0.2, 0.25) is 0 Å². The monoisotopic (exact) mass is 383 g/mol. The van der Waals surface area contributed by atoms with E-state index in [1.807, 2.05) is 6.07 Å². The van der Waals surface area contributed by atoms with Crippen molar-refractivity contribution < 1.29 is 0 Å². The van der Waals surface area contributed by atoms with Gasteiger partial charge < -0.3 is 5.32 Å². The maximum absolute atomic E-state index is 6.32. The molecular weight excluding hydrogens is 369 g/mol. The minimum absolute atomic E-state index is 0.374. The van der Waals surface area contributed by atoms with Crippen molar-refractivity contribution in [3.05, 3.63) is 62.7 Å². The molecule has 0 spiro atoms. The molecule has 98 valence electrons. The minimum atomic E-state index is 0.374. The molecule has 0 saturated heterocycles. The van der Waals surface area contributed by atoms with Gasteiger partial charge in [-0.2, -0.15) is 0 Å². The lowest BCUT2D eigenvalue weighted by atomic mass is 10.0. The van der Waals surface area contributed by atoms with E-state index in [0.717, 1.165) is 20.2 Å². The number of anilines is 1. The molecule has 1 aliphatic carbocycles. The van der Waals surface area contributed by atoms with Crippen LogP contribution in [0.1, 0.15) is 24.4 Å². The molecule has 1 nitrogen and oxygen atoms in total. The second-order valence-corrected chi connectivity index (χ2v) is 6.65. The van der Waals surface area contributed by atoms with Gasteiger partial charge >= 0.3 is 0 Å². The molecule has 0 aliphatic heterocycles. The molecule has 0 bridgehead atoms. The molecule has 0 amide bonds. The Labute approximate surface area is 132 Å². The Morgan fingerprint density at radius 2 is 1.84 bits per heavy atom. The highest BCUT2D eigenvalue weighted by molar-refractivity contribution is 14.1. The van der Waals surface area contributed by atoms with E-state index < -0.39 is 0 Å². The summed E-state index contributed by atoms with van der Waals surface area (Å²) in [5.41, 5.74) is 2.38. The zero-order valence-corrected chi connectivity index (χ0v) is 13.4. The zero-order valence-electron chi connectivity index (χ0n) is 10.4. The first-order chi connectivity index (χ1) is 9.24. The van der Waals surface area contributed by atoms with Crippen molar-refractivity contribution in [2.24, 2.45) is 5.92 Å². The van der Waals surface area contributed by atoms with Gasteiger partial charge in [-0.1, -0.05) is 41.9 Å². The van der Waals surface area contributed by atoms with Crippen molar-refractivity contribution >= 4 is 39.9 Å². The van der Waals surface area contributed by atoms with E-state index in [1.54, 1.807) is 0 Å². The molecule has 1 fully saturated rings. The third-order valence-corrected chi connectivity index (χ3v) is 4.48.